The Bertz CT molecular complexity index is 1520. The largest absolute Gasteiger partial charge is 0.497 e. The summed E-state index contributed by atoms with van der Waals surface area (Å²) in [5.41, 5.74) is 4.85. The van der Waals surface area contributed by atoms with Crippen molar-refractivity contribution in [3.05, 3.63) is 102 Å². The van der Waals surface area contributed by atoms with Crippen molar-refractivity contribution in [1.29, 1.82) is 0 Å². The number of fused-ring (bicyclic) bond motifs is 3. The van der Waals surface area contributed by atoms with Crippen molar-refractivity contribution in [2.45, 2.75) is 6.54 Å². The number of ether oxygens (including phenoxy) is 2. The summed E-state index contributed by atoms with van der Waals surface area (Å²) in [6.07, 6.45) is 5.16. The van der Waals surface area contributed by atoms with E-state index < -0.39 is 0 Å². The fourth-order valence-corrected chi connectivity index (χ4v) is 4.14. The topological polar surface area (TPSA) is 65.4 Å². The maximum Gasteiger partial charge on any atom is 0.244 e. The van der Waals surface area contributed by atoms with Crippen LogP contribution in [0.1, 0.15) is 11.3 Å². The first-order valence-corrected chi connectivity index (χ1v) is 11.3. The first-order valence-electron chi connectivity index (χ1n) is 11.3. The average molecular weight is 464 g/mol. The average Bonchev–Trinajstić information content (AvgIpc) is 3.25. The molecular weight excluding hydrogens is 438 g/mol. The van der Waals surface area contributed by atoms with E-state index in [2.05, 4.69) is 27.0 Å². The Morgan fingerprint density at radius 3 is 2.29 bits per heavy atom. The van der Waals surface area contributed by atoms with Gasteiger partial charge in [0.1, 0.15) is 11.5 Å². The van der Waals surface area contributed by atoms with Crippen molar-refractivity contribution in [3.8, 4) is 17.2 Å². The van der Waals surface area contributed by atoms with Crippen LogP contribution in [0.25, 0.3) is 33.6 Å². The molecular formula is C29H25N3O3. The molecule has 0 radical (unpaired) electrons. The summed E-state index contributed by atoms with van der Waals surface area (Å²) in [5, 5.41) is 5.14. The van der Waals surface area contributed by atoms with E-state index in [9.17, 15) is 4.79 Å². The molecule has 0 fully saturated rings. The van der Waals surface area contributed by atoms with Gasteiger partial charge in [-0.25, -0.2) is 0 Å². The summed E-state index contributed by atoms with van der Waals surface area (Å²) in [5.74, 6) is 1.41. The summed E-state index contributed by atoms with van der Waals surface area (Å²) in [6, 6.07) is 25.8. The van der Waals surface area contributed by atoms with Gasteiger partial charge in [0, 0.05) is 22.5 Å². The van der Waals surface area contributed by atoms with Gasteiger partial charge in [0.25, 0.3) is 0 Å². The van der Waals surface area contributed by atoms with Gasteiger partial charge in [0.05, 0.1) is 43.7 Å². The van der Waals surface area contributed by atoms with E-state index in [-0.39, 0.29) is 5.91 Å². The molecule has 6 nitrogen and oxygen atoms in total. The second-order valence-electron chi connectivity index (χ2n) is 8.07. The van der Waals surface area contributed by atoms with Crippen LogP contribution in [0.3, 0.4) is 0 Å². The number of methoxy groups -OCH3 is 2. The molecule has 0 aliphatic rings. The minimum Gasteiger partial charge on any atom is -0.497 e. The maximum atomic E-state index is 12.4. The number of nitrogens with one attached hydrogen (secondary N) is 1. The van der Waals surface area contributed by atoms with Gasteiger partial charge in [-0.15, -0.1) is 0 Å². The number of aromatic nitrogens is 2. The third kappa shape index (κ3) is 4.59. The van der Waals surface area contributed by atoms with E-state index in [0.717, 1.165) is 50.2 Å². The number of rotatable bonds is 7. The lowest BCUT2D eigenvalue weighted by atomic mass is 10.1. The molecule has 1 N–H and O–H groups in total. The highest BCUT2D eigenvalue weighted by Crippen LogP contribution is 2.32. The standard InChI is InChI=1S/C29H25N3O3/c1-34-23-12-7-20(8-13-23)9-16-29(33)31-18-21-17-26-25-5-3-4-6-27(25)32(28(26)19-30-21)22-10-14-24(35-2)15-11-22/h3-17,19H,18H2,1-2H3,(H,31,33)/b16-9+. The van der Waals surface area contributed by atoms with Crippen LogP contribution in [0.15, 0.2) is 91.1 Å². The number of benzene rings is 3. The molecule has 0 unspecified atom stereocenters. The lowest BCUT2D eigenvalue weighted by molar-refractivity contribution is -0.116. The van der Waals surface area contributed by atoms with Crippen molar-refractivity contribution in [2.75, 3.05) is 14.2 Å². The molecule has 5 rings (SSSR count). The predicted molar refractivity (Wildman–Crippen MR) is 139 cm³/mol. The fraction of sp³-hybridized carbons (Fsp3) is 0.103. The molecule has 0 aliphatic heterocycles. The SMILES string of the molecule is COc1ccc(/C=C/C(=O)NCc2cc3c4ccccc4n(-c4ccc(OC)cc4)c3cn2)cc1. The molecule has 5 aromatic rings. The summed E-state index contributed by atoms with van der Waals surface area (Å²) < 4.78 is 12.7. The Morgan fingerprint density at radius 1 is 0.886 bits per heavy atom. The quantitative estimate of drug-likeness (QED) is 0.323. The maximum absolute atomic E-state index is 12.4. The third-order valence-electron chi connectivity index (χ3n) is 5.93. The van der Waals surface area contributed by atoms with E-state index in [1.165, 1.54) is 6.08 Å². The lowest BCUT2D eigenvalue weighted by Crippen LogP contribution is -2.20. The molecule has 174 valence electrons. The molecule has 3 aromatic carbocycles. The Labute approximate surface area is 203 Å². The Kier molecular flexibility index (Phi) is 6.18. The van der Waals surface area contributed by atoms with Gasteiger partial charge in [0.2, 0.25) is 5.91 Å². The predicted octanol–water partition coefficient (Wildman–Crippen LogP) is 5.53. The number of pyridine rings is 1. The van der Waals surface area contributed by atoms with E-state index >= 15 is 0 Å². The minimum absolute atomic E-state index is 0.177. The van der Waals surface area contributed by atoms with Gasteiger partial charge >= 0.3 is 0 Å². The van der Waals surface area contributed by atoms with Crippen molar-refractivity contribution < 1.29 is 14.3 Å². The summed E-state index contributed by atoms with van der Waals surface area (Å²) in [4.78, 5) is 17.0. The second kappa shape index (κ2) is 9.73. The molecule has 2 aromatic heterocycles. The van der Waals surface area contributed by atoms with Crippen molar-refractivity contribution in [2.24, 2.45) is 0 Å². The van der Waals surface area contributed by atoms with Gasteiger partial charge in [-0.1, -0.05) is 30.3 Å². The number of hydrogen-bond donors (Lipinski definition) is 1. The van der Waals surface area contributed by atoms with Gasteiger partial charge < -0.3 is 19.4 Å². The molecule has 1 amide bonds. The highest BCUT2D eigenvalue weighted by atomic mass is 16.5. The molecule has 0 bridgehead atoms. The number of carbonyl (C=O) groups is 1. The molecule has 0 aliphatic carbocycles. The van der Waals surface area contributed by atoms with E-state index in [0.29, 0.717) is 6.54 Å². The van der Waals surface area contributed by atoms with Gasteiger partial charge in [-0.2, -0.15) is 0 Å². The second-order valence-corrected chi connectivity index (χ2v) is 8.07. The Balaban J connectivity index is 1.38. The van der Waals surface area contributed by atoms with E-state index in [1.54, 1.807) is 20.3 Å². The van der Waals surface area contributed by atoms with Crippen LogP contribution in [0.4, 0.5) is 0 Å². The first-order chi connectivity index (χ1) is 17.2. The first kappa shape index (κ1) is 22.2. The zero-order valence-corrected chi connectivity index (χ0v) is 19.6. The van der Waals surface area contributed by atoms with Crippen molar-refractivity contribution in [3.63, 3.8) is 0 Å². The summed E-state index contributed by atoms with van der Waals surface area (Å²) in [7, 11) is 3.29. The van der Waals surface area contributed by atoms with Crippen LogP contribution >= 0.6 is 0 Å². The number of nitrogens with zero attached hydrogens (tertiary/aromatic N) is 2. The van der Waals surface area contributed by atoms with Crippen LogP contribution in [-0.4, -0.2) is 29.7 Å². The smallest absolute Gasteiger partial charge is 0.244 e. The van der Waals surface area contributed by atoms with Gasteiger partial charge in [0.15, 0.2) is 0 Å². The van der Waals surface area contributed by atoms with Crippen LogP contribution in [0, 0.1) is 0 Å². The zero-order chi connectivity index (χ0) is 24.2. The molecule has 0 saturated heterocycles. The molecule has 0 atom stereocenters. The summed E-state index contributed by atoms with van der Waals surface area (Å²) >= 11 is 0. The highest BCUT2D eigenvalue weighted by molar-refractivity contribution is 6.09. The summed E-state index contributed by atoms with van der Waals surface area (Å²) in [6.45, 7) is 0.337. The lowest BCUT2D eigenvalue weighted by Gasteiger charge is -2.09. The monoisotopic (exact) mass is 463 g/mol. The molecule has 2 heterocycles. The number of carbonyl (C=O) groups excluding carboxylic acids is 1. The Morgan fingerprint density at radius 2 is 1.57 bits per heavy atom. The van der Waals surface area contributed by atoms with Crippen molar-refractivity contribution >= 4 is 33.8 Å². The van der Waals surface area contributed by atoms with Crippen LogP contribution in [0.2, 0.25) is 0 Å². The van der Waals surface area contributed by atoms with Gasteiger partial charge in [-0.3, -0.25) is 9.78 Å². The van der Waals surface area contributed by atoms with Gasteiger partial charge in [-0.05, 0) is 60.2 Å². The minimum atomic E-state index is -0.177. The van der Waals surface area contributed by atoms with Crippen LogP contribution in [0.5, 0.6) is 11.5 Å². The Hall–Kier alpha value is -4.58. The van der Waals surface area contributed by atoms with Crippen LogP contribution in [-0.2, 0) is 11.3 Å². The normalized spacial score (nSPS) is 11.3. The molecule has 0 spiro atoms. The van der Waals surface area contributed by atoms with Crippen LogP contribution < -0.4 is 14.8 Å². The van der Waals surface area contributed by atoms with E-state index in [1.807, 2.05) is 72.9 Å². The zero-order valence-electron chi connectivity index (χ0n) is 19.6. The van der Waals surface area contributed by atoms with Crippen molar-refractivity contribution in [1.82, 2.24) is 14.9 Å². The highest BCUT2D eigenvalue weighted by Gasteiger charge is 2.13. The fourth-order valence-electron chi connectivity index (χ4n) is 4.14. The van der Waals surface area contributed by atoms with E-state index in [4.69, 9.17) is 9.47 Å². The molecule has 35 heavy (non-hydrogen) atoms. The molecule has 6 heteroatoms. The molecule has 0 saturated carbocycles. The number of hydrogen-bond acceptors (Lipinski definition) is 4. The third-order valence-corrected chi connectivity index (χ3v) is 5.93. The number of para-hydroxylation sites is 1. The number of amides is 1.